The Morgan fingerprint density at radius 3 is 2.21 bits per heavy atom. The SMILES string of the molecule is COc1cc2c(cc1OC)[C@@H]([C@@H](C)c1ccc(CC(C)C)cc1)N(C(=O)c1ccccc1)CC2. The predicted molar refractivity (Wildman–Crippen MR) is 137 cm³/mol. The maximum absolute atomic E-state index is 13.7. The third-order valence-electron chi connectivity index (χ3n) is 6.83. The molecule has 0 radical (unpaired) electrons. The highest BCUT2D eigenvalue weighted by Gasteiger charge is 2.36. The maximum Gasteiger partial charge on any atom is 0.254 e. The minimum absolute atomic E-state index is 0.0642. The van der Waals surface area contributed by atoms with Crippen molar-refractivity contribution in [2.75, 3.05) is 20.8 Å². The van der Waals surface area contributed by atoms with E-state index in [0.29, 0.717) is 18.2 Å². The van der Waals surface area contributed by atoms with Crippen molar-refractivity contribution >= 4 is 5.91 Å². The van der Waals surface area contributed by atoms with Crippen molar-refractivity contribution in [3.8, 4) is 11.5 Å². The van der Waals surface area contributed by atoms with Crippen LogP contribution in [0, 0.1) is 5.92 Å². The molecule has 4 rings (SSSR count). The van der Waals surface area contributed by atoms with Crippen molar-refractivity contribution in [2.24, 2.45) is 5.92 Å². The second-order valence-corrected chi connectivity index (χ2v) is 9.59. The first kappa shape index (κ1) is 23.9. The molecule has 34 heavy (non-hydrogen) atoms. The first-order chi connectivity index (χ1) is 16.4. The number of benzene rings is 3. The fourth-order valence-electron chi connectivity index (χ4n) is 5.10. The number of amides is 1. The van der Waals surface area contributed by atoms with Gasteiger partial charge in [0, 0.05) is 18.0 Å². The summed E-state index contributed by atoms with van der Waals surface area (Å²) in [7, 11) is 3.32. The van der Waals surface area contributed by atoms with Crippen LogP contribution in [0.15, 0.2) is 66.7 Å². The first-order valence-corrected chi connectivity index (χ1v) is 12.1. The Balaban J connectivity index is 1.77. The van der Waals surface area contributed by atoms with Crippen molar-refractivity contribution < 1.29 is 14.3 Å². The molecule has 4 heteroatoms. The second kappa shape index (κ2) is 10.3. The van der Waals surface area contributed by atoms with E-state index in [1.807, 2.05) is 35.2 Å². The highest BCUT2D eigenvalue weighted by atomic mass is 16.5. The van der Waals surface area contributed by atoms with Crippen LogP contribution in [0.3, 0.4) is 0 Å². The van der Waals surface area contributed by atoms with Crippen LogP contribution >= 0.6 is 0 Å². The van der Waals surface area contributed by atoms with Gasteiger partial charge in [-0.25, -0.2) is 0 Å². The van der Waals surface area contributed by atoms with Crippen molar-refractivity contribution in [1.29, 1.82) is 0 Å². The third-order valence-corrected chi connectivity index (χ3v) is 6.83. The van der Waals surface area contributed by atoms with Gasteiger partial charge in [0.15, 0.2) is 11.5 Å². The van der Waals surface area contributed by atoms with Crippen LogP contribution in [0.5, 0.6) is 11.5 Å². The molecular formula is C30H35NO3. The summed E-state index contributed by atoms with van der Waals surface area (Å²) in [6.07, 6.45) is 1.85. The molecule has 4 nitrogen and oxygen atoms in total. The van der Waals surface area contributed by atoms with Gasteiger partial charge in [0.25, 0.3) is 5.91 Å². The lowest BCUT2D eigenvalue weighted by Crippen LogP contribution is -2.42. The number of nitrogens with zero attached hydrogens (tertiary/aromatic N) is 1. The van der Waals surface area contributed by atoms with Gasteiger partial charge in [-0.3, -0.25) is 4.79 Å². The van der Waals surface area contributed by atoms with E-state index >= 15 is 0 Å². The van der Waals surface area contributed by atoms with Gasteiger partial charge >= 0.3 is 0 Å². The molecule has 0 bridgehead atoms. The van der Waals surface area contributed by atoms with Gasteiger partial charge < -0.3 is 14.4 Å². The van der Waals surface area contributed by atoms with Crippen LogP contribution in [-0.4, -0.2) is 31.6 Å². The smallest absolute Gasteiger partial charge is 0.254 e. The standard InChI is InChI=1S/C30H35NO3/c1-20(2)17-22-11-13-23(14-12-22)21(3)29-26-19-28(34-5)27(33-4)18-25(26)15-16-31(29)30(32)24-9-7-6-8-10-24/h6-14,18-21,29H,15-17H2,1-5H3/t21-,29+/m0/s1. The lowest BCUT2D eigenvalue weighted by atomic mass is 9.81. The zero-order valence-corrected chi connectivity index (χ0v) is 20.9. The van der Waals surface area contributed by atoms with Crippen LogP contribution in [0.2, 0.25) is 0 Å². The molecule has 1 amide bonds. The first-order valence-electron chi connectivity index (χ1n) is 12.1. The molecule has 3 aromatic rings. The molecule has 0 fully saturated rings. The second-order valence-electron chi connectivity index (χ2n) is 9.59. The Bertz CT molecular complexity index is 1120. The van der Waals surface area contributed by atoms with E-state index in [1.165, 1.54) is 16.7 Å². The number of hydrogen-bond donors (Lipinski definition) is 0. The average Bonchev–Trinajstić information content (AvgIpc) is 2.86. The normalized spacial score (nSPS) is 16.2. The summed E-state index contributed by atoms with van der Waals surface area (Å²) in [4.78, 5) is 15.7. The zero-order chi connectivity index (χ0) is 24.2. The zero-order valence-electron chi connectivity index (χ0n) is 20.9. The van der Waals surface area contributed by atoms with Crippen LogP contribution in [0.25, 0.3) is 0 Å². The summed E-state index contributed by atoms with van der Waals surface area (Å²) in [6.45, 7) is 7.37. The van der Waals surface area contributed by atoms with Gasteiger partial charge in [-0.2, -0.15) is 0 Å². The molecule has 0 aliphatic carbocycles. The minimum atomic E-state index is -0.104. The molecule has 1 aliphatic rings. The van der Waals surface area contributed by atoms with Crippen molar-refractivity contribution in [1.82, 2.24) is 4.90 Å². The Labute approximate surface area is 203 Å². The van der Waals surface area contributed by atoms with E-state index in [0.717, 1.165) is 29.7 Å². The molecule has 0 saturated carbocycles. The quantitative estimate of drug-likeness (QED) is 0.409. The van der Waals surface area contributed by atoms with Gasteiger partial charge in [0.1, 0.15) is 0 Å². The highest BCUT2D eigenvalue weighted by molar-refractivity contribution is 5.94. The van der Waals surface area contributed by atoms with E-state index in [9.17, 15) is 4.79 Å². The molecule has 0 N–H and O–H groups in total. The number of ether oxygens (including phenoxy) is 2. The monoisotopic (exact) mass is 457 g/mol. The maximum atomic E-state index is 13.7. The van der Waals surface area contributed by atoms with E-state index in [1.54, 1.807) is 14.2 Å². The van der Waals surface area contributed by atoms with Crippen molar-refractivity contribution in [2.45, 2.75) is 45.6 Å². The predicted octanol–water partition coefficient (Wildman–Crippen LogP) is 6.45. The van der Waals surface area contributed by atoms with Crippen LogP contribution in [0.1, 0.15) is 65.3 Å². The molecule has 1 heterocycles. The molecule has 0 unspecified atom stereocenters. The lowest BCUT2D eigenvalue weighted by molar-refractivity contribution is 0.0633. The number of hydrogen-bond acceptors (Lipinski definition) is 3. The average molecular weight is 458 g/mol. The van der Waals surface area contributed by atoms with Gasteiger partial charge in [-0.1, -0.05) is 63.2 Å². The van der Waals surface area contributed by atoms with E-state index in [4.69, 9.17) is 9.47 Å². The lowest BCUT2D eigenvalue weighted by Gasteiger charge is -2.41. The summed E-state index contributed by atoms with van der Waals surface area (Å²) in [5.41, 5.74) is 5.63. The molecule has 0 aromatic heterocycles. The molecule has 2 atom stereocenters. The molecule has 0 spiro atoms. The Hall–Kier alpha value is -3.27. The molecule has 0 saturated heterocycles. The Morgan fingerprint density at radius 2 is 1.59 bits per heavy atom. The summed E-state index contributed by atoms with van der Waals surface area (Å²) in [5, 5.41) is 0. The number of carbonyl (C=O) groups excluding carboxylic acids is 1. The minimum Gasteiger partial charge on any atom is -0.493 e. The fraction of sp³-hybridized carbons (Fsp3) is 0.367. The molecular weight excluding hydrogens is 422 g/mol. The van der Waals surface area contributed by atoms with Gasteiger partial charge in [-0.15, -0.1) is 0 Å². The van der Waals surface area contributed by atoms with Gasteiger partial charge in [0.2, 0.25) is 0 Å². The van der Waals surface area contributed by atoms with Crippen molar-refractivity contribution in [3.05, 3.63) is 94.5 Å². The number of methoxy groups -OCH3 is 2. The summed E-state index contributed by atoms with van der Waals surface area (Å²) >= 11 is 0. The summed E-state index contributed by atoms with van der Waals surface area (Å²) in [6, 6.07) is 22.5. The van der Waals surface area contributed by atoms with Crippen LogP contribution in [-0.2, 0) is 12.8 Å². The molecule has 178 valence electrons. The number of fused-ring (bicyclic) bond motifs is 1. The largest absolute Gasteiger partial charge is 0.493 e. The third kappa shape index (κ3) is 4.82. The van der Waals surface area contributed by atoms with E-state index in [-0.39, 0.29) is 17.9 Å². The Morgan fingerprint density at radius 1 is 0.941 bits per heavy atom. The Kier molecular flexibility index (Phi) is 7.26. The van der Waals surface area contributed by atoms with Crippen LogP contribution < -0.4 is 9.47 Å². The molecule has 1 aliphatic heterocycles. The summed E-state index contributed by atoms with van der Waals surface area (Å²) < 4.78 is 11.2. The summed E-state index contributed by atoms with van der Waals surface area (Å²) in [5.74, 6) is 2.22. The number of rotatable bonds is 7. The van der Waals surface area contributed by atoms with Gasteiger partial charge in [-0.05, 0) is 65.3 Å². The number of carbonyl (C=O) groups is 1. The van der Waals surface area contributed by atoms with E-state index in [2.05, 4.69) is 57.2 Å². The highest BCUT2D eigenvalue weighted by Crippen LogP contribution is 2.44. The van der Waals surface area contributed by atoms with Crippen LogP contribution in [0.4, 0.5) is 0 Å². The van der Waals surface area contributed by atoms with Crippen molar-refractivity contribution in [3.63, 3.8) is 0 Å². The topological polar surface area (TPSA) is 38.8 Å². The molecule has 3 aromatic carbocycles. The fourth-order valence-corrected chi connectivity index (χ4v) is 5.10. The van der Waals surface area contributed by atoms with E-state index < -0.39 is 0 Å². The van der Waals surface area contributed by atoms with Gasteiger partial charge in [0.05, 0.1) is 20.3 Å².